The van der Waals surface area contributed by atoms with Crippen LogP contribution in [0, 0.1) is 0 Å². The van der Waals surface area contributed by atoms with Gasteiger partial charge in [-0.1, -0.05) is 0 Å². The Morgan fingerprint density at radius 3 is 2.00 bits per heavy atom. The first kappa shape index (κ1) is 5.64. The number of hydrogen-bond acceptors (Lipinski definition) is 0. The maximum atomic E-state index is 2.23. The van der Waals surface area contributed by atoms with Crippen molar-refractivity contribution in [2.45, 2.75) is 13.9 Å². The molecular weight excluding hydrogens is 75.1 g/mol. The van der Waals surface area contributed by atoms with Crippen molar-refractivity contribution in [3.8, 4) is 0 Å². The van der Waals surface area contributed by atoms with Crippen LogP contribution in [0.25, 0.3) is 0 Å². The summed E-state index contributed by atoms with van der Waals surface area (Å²) < 4.78 is 1.51. The Balaban J connectivity index is 1.97. The fraction of sp³-hybridized carbons (Fsp3) is 1.00. The molecule has 0 saturated heterocycles. The van der Waals surface area contributed by atoms with E-state index < -0.39 is 0 Å². The van der Waals surface area contributed by atoms with E-state index in [1.165, 1.54) is 6.94 Å². The van der Waals surface area contributed by atoms with Gasteiger partial charge < -0.3 is 0 Å². The summed E-state index contributed by atoms with van der Waals surface area (Å²) in [4.78, 5) is 0. The van der Waals surface area contributed by atoms with Crippen LogP contribution in [0.2, 0.25) is 0.515 Å². The van der Waals surface area contributed by atoms with Gasteiger partial charge >= 0.3 is 62.8 Å². The average Bonchev–Trinajstić information content (AvgIpc) is 1.37. The molecule has 0 unspecified atom stereocenters. The van der Waals surface area contributed by atoms with Crippen molar-refractivity contribution in [3.05, 3.63) is 0 Å². The van der Waals surface area contributed by atoms with Crippen molar-refractivity contribution in [3.63, 3.8) is 0 Å². The Bertz CT molecular complexity index is 5.25. The third-order valence-electron chi connectivity index (χ3n) is 0.500. The molecule has 0 bridgehead atoms. The third kappa shape index (κ3) is 3.64. The van der Waals surface area contributed by atoms with Gasteiger partial charge in [-0.2, -0.15) is 0 Å². The molecule has 0 N–H and O–H groups in total. The van der Waals surface area contributed by atoms with E-state index in [0.717, 1.165) is 49.0 Å². The van der Waals surface area contributed by atoms with Gasteiger partial charge in [-0.3, -0.25) is 0 Å². The number of hydrogen-bond donors (Lipinski definition) is 0. The van der Waals surface area contributed by atoms with Gasteiger partial charge in [0.25, 0.3) is 0 Å². The van der Waals surface area contributed by atoms with E-state index in [4.69, 9.17) is 0 Å². The second-order valence-corrected chi connectivity index (χ2v) is 2.56. The average molecular weight is 82.2 g/mol. The zero-order valence-corrected chi connectivity index (χ0v) is 6.54. The van der Waals surface area contributed by atoms with E-state index in [1.807, 2.05) is 0 Å². The van der Waals surface area contributed by atoms with Gasteiger partial charge in [0.1, 0.15) is 0 Å². The van der Waals surface area contributed by atoms with E-state index in [2.05, 4.69) is 6.92 Å². The Hall–Kier alpha value is 1.64. The van der Waals surface area contributed by atoms with Crippen LogP contribution in [0.4, 0.5) is 0 Å². The van der Waals surface area contributed by atoms with Crippen LogP contribution in [0.15, 0.2) is 0 Å². The van der Waals surface area contributed by atoms with E-state index in [1.54, 1.807) is 0 Å². The molecule has 20 valence electrons. The molecule has 4 heavy (non-hydrogen) atoms. The van der Waals surface area contributed by atoms with Gasteiger partial charge in [0.05, 0.1) is 0 Å². The van der Waals surface area contributed by atoms with Crippen LogP contribution < -0.4 is 0 Å². The molecule has 0 amide bonds. The summed E-state index contributed by atoms with van der Waals surface area (Å²) in [6.07, 6.45) is 1.40. The van der Waals surface area contributed by atoms with Crippen molar-refractivity contribution in [1.29, 1.82) is 0 Å². The Kier molecular flexibility index (Phi) is 6.53. The molecule has 0 rings (SSSR count). The minimum atomic E-state index is 1.11. The summed E-state index contributed by atoms with van der Waals surface area (Å²) >= 11 is 1.11. The SMILES string of the molecule is CC[CH2][K]. The molecule has 1 heteroatoms. The van der Waals surface area contributed by atoms with E-state index in [0.29, 0.717) is 0 Å². The van der Waals surface area contributed by atoms with Crippen molar-refractivity contribution in [1.82, 2.24) is 0 Å². The molecule has 0 atom stereocenters. The number of rotatable bonds is 1. The van der Waals surface area contributed by atoms with Crippen LogP contribution in [0.1, 0.15) is 13.3 Å². The summed E-state index contributed by atoms with van der Waals surface area (Å²) in [7, 11) is 0. The Morgan fingerprint density at radius 2 is 2.00 bits per heavy atom. The topological polar surface area (TPSA) is 0 Å². The molecule has 0 saturated carbocycles. The predicted octanol–water partition coefficient (Wildman–Crippen LogP) is 0.983. The molecular formula is C3H7K. The summed E-state index contributed by atoms with van der Waals surface area (Å²) in [6.45, 7) is 2.23. The fourth-order valence-corrected chi connectivity index (χ4v) is 0. The van der Waals surface area contributed by atoms with Crippen LogP contribution >= 0.6 is 0 Å². The second kappa shape index (κ2) is 4.64. The molecule has 0 nitrogen and oxygen atoms in total. The molecule has 0 aliphatic rings. The first-order chi connectivity index (χ1) is 1.91. The van der Waals surface area contributed by atoms with Gasteiger partial charge in [-0.15, -0.1) is 0 Å². The Labute approximate surface area is 61.6 Å². The molecule has 0 radical (unpaired) electrons. The molecule has 0 aliphatic carbocycles. The van der Waals surface area contributed by atoms with Crippen LogP contribution in [-0.2, 0) is 0 Å². The second-order valence-electron chi connectivity index (χ2n) is 1.000. The van der Waals surface area contributed by atoms with Crippen molar-refractivity contribution < 1.29 is 0 Å². The summed E-state index contributed by atoms with van der Waals surface area (Å²) in [5.74, 6) is 0. The molecule has 0 aromatic carbocycles. The molecule has 0 spiro atoms. The molecule has 0 heterocycles. The summed E-state index contributed by atoms with van der Waals surface area (Å²) in [5.41, 5.74) is 0. The first-order valence-electron chi connectivity index (χ1n) is 1.91. The van der Waals surface area contributed by atoms with E-state index in [-0.39, 0.29) is 0 Å². The van der Waals surface area contributed by atoms with Crippen molar-refractivity contribution in [2.24, 2.45) is 0 Å². The minimum absolute atomic E-state index is 1.11. The fourth-order valence-electron chi connectivity index (χ4n) is 0. The molecule has 0 aromatic rings. The Morgan fingerprint density at radius 1 is 1.75 bits per heavy atom. The molecule has 0 aromatic heterocycles. The van der Waals surface area contributed by atoms with Crippen LogP contribution in [0.3, 0.4) is 0 Å². The monoisotopic (exact) mass is 82.0 g/mol. The normalized spacial score (nSPS) is 7.75. The van der Waals surface area contributed by atoms with Gasteiger partial charge in [0.15, 0.2) is 0 Å². The van der Waals surface area contributed by atoms with Gasteiger partial charge in [0.2, 0.25) is 0 Å². The van der Waals surface area contributed by atoms with Gasteiger partial charge in [-0.05, 0) is 0 Å². The predicted molar refractivity (Wildman–Crippen MR) is 20.9 cm³/mol. The zero-order chi connectivity index (χ0) is 3.41. The zero-order valence-electron chi connectivity index (χ0n) is 3.41. The standard InChI is InChI=1S/C3H7.K/c1-3-2;/h1,3H2,2H3;. The van der Waals surface area contributed by atoms with Crippen molar-refractivity contribution in [2.75, 3.05) is 0 Å². The summed E-state index contributed by atoms with van der Waals surface area (Å²) in [5, 5.41) is 0. The quantitative estimate of drug-likeness (QED) is 0.414. The van der Waals surface area contributed by atoms with E-state index >= 15 is 0 Å². The van der Waals surface area contributed by atoms with Crippen LogP contribution in [0.5, 0.6) is 0 Å². The van der Waals surface area contributed by atoms with Gasteiger partial charge in [-0.25, -0.2) is 0 Å². The molecule has 0 aliphatic heterocycles. The first-order valence-corrected chi connectivity index (χ1v) is 4.12. The van der Waals surface area contributed by atoms with E-state index in [9.17, 15) is 0 Å². The summed E-state index contributed by atoms with van der Waals surface area (Å²) in [6, 6.07) is 0. The van der Waals surface area contributed by atoms with Crippen molar-refractivity contribution >= 4 is 49.0 Å². The third-order valence-corrected chi connectivity index (χ3v) is 2.06. The maximum absolute atomic E-state index is 2.23. The molecule has 0 fully saturated rings. The van der Waals surface area contributed by atoms with Gasteiger partial charge in [0, 0.05) is 0 Å². The van der Waals surface area contributed by atoms with Crippen LogP contribution in [-0.4, -0.2) is 49.0 Å².